The number of amides is 2. The number of likely N-dealkylation sites (tertiary alicyclic amines) is 1. The maximum absolute atomic E-state index is 12.7. The molecule has 3 rings (SSSR count). The second-order valence-electron chi connectivity index (χ2n) is 7.42. The van der Waals surface area contributed by atoms with Gasteiger partial charge in [-0.05, 0) is 37.5 Å². The van der Waals surface area contributed by atoms with Gasteiger partial charge in [0.1, 0.15) is 0 Å². The van der Waals surface area contributed by atoms with E-state index in [0.717, 1.165) is 31.2 Å². The summed E-state index contributed by atoms with van der Waals surface area (Å²) in [6.45, 7) is 2.28. The van der Waals surface area contributed by atoms with E-state index in [1.54, 1.807) is 6.07 Å². The molecule has 0 radical (unpaired) electrons. The number of nitrogens with one attached hydrogen (secondary N) is 1. The molecule has 2 N–H and O–H groups in total. The summed E-state index contributed by atoms with van der Waals surface area (Å²) in [5.41, 5.74) is 1.43. The highest BCUT2D eigenvalue weighted by molar-refractivity contribution is 5.99. The maximum atomic E-state index is 12.7. The average Bonchev–Trinajstić information content (AvgIpc) is 2.82. The largest absolute Gasteiger partial charge is 0.478 e. The Bertz CT molecular complexity index is 708. The van der Waals surface area contributed by atoms with Crippen LogP contribution >= 0.6 is 0 Å². The highest BCUT2D eigenvalue weighted by Crippen LogP contribution is 2.29. The Hall–Kier alpha value is -2.37. The number of benzene rings is 1. The molecule has 1 aromatic carbocycles. The Morgan fingerprint density at radius 2 is 1.85 bits per heavy atom. The topological polar surface area (TPSA) is 86.7 Å². The first-order valence-electron chi connectivity index (χ1n) is 9.40. The van der Waals surface area contributed by atoms with E-state index in [0.29, 0.717) is 12.2 Å². The lowest BCUT2D eigenvalue weighted by Crippen LogP contribution is -2.37. The minimum Gasteiger partial charge on any atom is -0.478 e. The van der Waals surface area contributed by atoms with Gasteiger partial charge in [0.25, 0.3) is 0 Å². The van der Waals surface area contributed by atoms with Crippen molar-refractivity contribution in [1.29, 1.82) is 0 Å². The minimum absolute atomic E-state index is 0.0630. The molecule has 1 saturated heterocycles. The number of carboxylic acid groups (broad SMARTS) is 1. The van der Waals surface area contributed by atoms with Gasteiger partial charge in [0.15, 0.2) is 0 Å². The first-order valence-corrected chi connectivity index (χ1v) is 9.40. The van der Waals surface area contributed by atoms with E-state index < -0.39 is 5.97 Å². The van der Waals surface area contributed by atoms with Crippen molar-refractivity contribution in [2.75, 3.05) is 11.9 Å². The SMILES string of the molecule is Cc1ccc(C(=O)O)cc1NC(=O)[C@@H]1CC(=O)N(C2CCCCCC2)C1. The van der Waals surface area contributed by atoms with Crippen LogP contribution in [0.1, 0.15) is 60.9 Å². The number of carboxylic acids is 1. The lowest BCUT2D eigenvalue weighted by Gasteiger charge is -2.27. The van der Waals surface area contributed by atoms with Crippen LogP contribution in [0.2, 0.25) is 0 Å². The smallest absolute Gasteiger partial charge is 0.335 e. The summed E-state index contributed by atoms with van der Waals surface area (Å²) in [6, 6.07) is 4.92. The van der Waals surface area contributed by atoms with E-state index in [1.807, 2.05) is 11.8 Å². The zero-order valence-electron chi connectivity index (χ0n) is 15.2. The van der Waals surface area contributed by atoms with Gasteiger partial charge in [-0.3, -0.25) is 9.59 Å². The molecule has 1 heterocycles. The second-order valence-corrected chi connectivity index (χ2v) is 7.42. The summed E-state index contributed by atoms with van der Waals surface area (Å²) >= 11 is 0. The van der Waals surface area contributed by atoms with E-state index in [-0.39, 0.29) is 35.8 Å². The van der Waals surface area contributed by atoms with Gasteiger partial charge >= 0.3 is 5.97 Å². The van der Waals surface area contributed by atoms with Crippen LogP contribution in [0.15, 0.2) is 18.2 Å². The highest BCUT2D eigenvalue weighted by Gasteiger charge is 2.38. The van der Waals surface area contributed by atoms with E-state index in [1.165, 1.54) is 25.0 Å². The van der Waals surface area contributed by atoms with Crippen molar-refractivity contribution in [2.24, 2.45) is 5.92 Å². The summed E-state index contributed by atoms with van der Waals surface area (Å²) in [7, 11) is 0. The number of rotatable bonds is 4. The molecule has 26 heavy (non-hydrogen) atoms. The minimum atomic E-state index is -1.03. The fraction of sp³-hybridized carbons (Fsp3) is 0.550. The molecule has 2 fully saturated rings. The first-order chi connectivity index (χ1) is 12.5. The van der Waals surface area contributed by atoms with Crippen LogP contribution in [0.25, 0.3) is 0 Å². The van der Waals surface area contributed by atoms with Crippen LogP contribution in [-0.2, 0) is 9.59 Å². The quantitative estimate of drug-likeness (QED) is 0.809. The summed E-state index contributed by atoms with van der Waals surface area (Å²) < 4.78 is 0. The normalized spacial score (nSPS) is 21.5. The molecule has 1 atom stereocenters. The van der Waals surface area contributed by atoms with Crippen molar-refractivity contribution < 1.29 is 19.5 Å². The number of aryl methyl sites for hydroxylation is 1. The molecule has 6 nitrogen and oxygen atoms in total. The Kier molecular flexibility index (Phi) is 5.59. The highest BCUT2D eigenvalue weighted by atomic mass is 16.4. The van der Waals surface area contributed by atoms with Crippen molar-refractivity contribution in [3.8, 4) is 0 Å². The molecule has 1 aliphatic heterocycles. The third-order valence-electron chi connectivity index (χ3n) is 5.54. The standard InChI is InChI=1S/C20H26N2O4/c1-13-8-9-14(20(25)26)10-17(13)21-19(24)15-11-18(23)22(12-15)16-6-4-2-3-5-7-16/h8-10,15-16H,2-7,11-12H2,1H3,(H,21,24)(H,25,26)/t15-/m1/s1. The van der Waals surface area contributed by atoms with Gasteiger partial charge in [0.05, 0.1) is 11.5 Å². The molecular weight excluding hydrogens is 332 g/mol. The predicted molar refractivity (Wildman–Crippen MR) is 98.1 cm³/mol. The van der Waals surface area contributed by atoms with Crippen LogP contribution in [0, 0.1) is 12.8 Å². The number of carbonyl (C=O) groups excluding carboxylic acids is 2. The number of anilines is 1. The first kappa shape index (κ1) is 18.4. The van der Waals surface area contributed by atoms with Gasteiger partial charge in [-0.1, -0.05) is 31.7 Å². The lowest BCUT2D eigenvalue weighted by molar-refractivity contribution is -0.130. The van der Waals surface area contributed by atoms with Crippen molar-refractivity contribution in [1.82, 2.24) is 4.90 Å². The molecule has 2 aliphatic rings. The number of aromatic carboxylic acids is 1. The average molecular weight is 358 g/mol. The van der Waals surface area contributed by atoms with Crippen LogP contribution in [-0.4, -0.2) is 40.4 Å². The van der Waals surface area contributed by atoms with Gasteiger partial charge in [0.2, 0.25) is 11.8 Å². The molecule has 2 amide bonds. The van der Waals surface area contributed by atoms with Crippen LogP contribution < -0.4 is 5.32 Å². The zero-order chi connectivity index (χ0) is 18.7. The summed E-state index contributed by atoms with van der Waals surface area (Å²) in [6.07, 6.45) is 7.03. The van der Waals surface area contributed by atoms with Gasteiger partial charge in [0, 0.05) is 24.7 Å². The maximum Gasteiger partial charge on any atom is 0.335 e. The van der Waals surface area contributed by atoms with Crippen LogP contribution in [0.3, 0.4) is 0 Å². The summed E-state index contributed by atoms with van der Waals surface area (Å²) in [5.74, 6) is -1.55. The van der Waals surface area contributed by atoms with Crippen molar-refractivity contribution >= 4 is 23.5 Å². The molecular formula is C20H26N2O4. The molecule has 1 aliphatic carbocycles. The summed E-state index contributed by atoms with van der Waals surface area (Å²) in [5, 5.41) is 11.9. The Balaban J connectivity index is 1.66. The van der Waals surface area contributed by atoms with Crippen molar-refractivity contribution in [2.45, 2.75) is 57.9 Å². The van der Waals surface area contributed by atoms with E-state index >= 15 is 0 Å². The zero-order valence-corrected chi connectivity index (χ0v) is 15.2. The number of hydrogen-bond acceptors (Lipinski definition) is 3. The van der Waals surface area contributed by atoms with Crippen LogP contribution in [0.5, 0.6) is 0 Å². The number of hydrogen-bond donors (Lipinski definition) is 2. The second kappa shape index (κ2) is 7.89. The van der Waals surface area contributed by atoms with E-state index in [2.05, 4.69) is 5.32 Å². The fourth-order valence-corrected chi connectivity index (χ4v) is 3.95. The number of nitrogens with zero attached hydrogens (tertiary/aromatic N) is 1. The van der Waals surface area contributed by atoms with Crippen molar-refractivity contribution in [3.05, 3.63) is 29.3 Å². The molecule has 1 aromatic rings. The third-order valence-corrected chi connectivity index (χ3v) is 5.54. The van der Waals surface area contributed by atoms with E-state index in [4.69, 9.17) is 5.11 Å². The van der Waals surface area contributed by atoms with Gasteiger partial charge < -0.3 is 15.3 Å². The fourth-order valence-electron chi connectivity index (χ4n) is 3.95. The third kappa shape index (κ3) is 4.06. The van der Waals surface area contributed by atoms with Gasteiger partial charge in [-0.2, -0.15) is 0 Å². The molecule has 140 valence electrons. The number of carbonyl (C=O) groups is 3. The lowest BCUT2D eigenvalue weighted by atomic mass is 10.1. The molecule has 0 unspecified atom stereocenters. The monoisotopic (exact) mass is 358 g/mol. The Labute approximate surface area is 153 Å². The molecule has 0 spiro atoms. The van der Waals surface area contributed by atoms with E-state index in [9.17, 15) is 14.4 Å². The van der Waals surface area contributed by atoms with Gasteiger partial charge in [-0.25, -0.2) is 4.79 Å². The van der Waals surface area contributed by atoms with Gasteiger partial charge in [-0.15, -0.1) is 0 Å². The summed E-state index contributed by atoms with van der Waals surface area (Å²) in [4.78, 5) is 38.1. The van der Waals surface area contributed by atoms with Crippen LogP contribution in [0.4, 0.5) is 5.69 Å². The molecule has 6 heteroatoms. The van der Waals surface area contributed by atoms with Crippen molar-refractivity contribution in [3.63, 3.8) is 0 Å². The predicted octanol–water partition coefficient (Wildman–Crippen LogP) is 3.20. The molecule has 0 aromatic heterocycles. The molecule has 0 bridgehead atoms. The Morgan fingerprint density at radius 1 is 1.15 bits per heavy atom. The molecule has 1 saturated carbocycles. The Morgan fingerprint density at radius 3 is 2.50 bits per heavy atom.